The molecular weight excluding hydrogens is 458 g/mol. The first kappa shape index (κ1) is 26.6. The standard InChI is InChI=1S/C32H41N3O2/c1-7-33(8-2)26-17-13-15-24(21-26)32(25-16-14-18-27(22-25)34(9-3)10-4)30-20-19-28(35(11-5)12-6)23-29(30)31(36)37-32/h13-23H,7-12H2,1-6H3. The number of esters is 1. The molecule has 1 heterocycles. The lowest BCUT2D eigenvalue weighted by molar-refractivity contribution is 0.0251. The number of hydrogen-bond acceptors (Lipinski definition) is 5. The van der Waals surface area contributed by atoms with Crippen molar-refractivity contribution in [2.45, 2.75) is 47.1 Å². The SMILES string of the molecule is CCN(CC)c1cccc(C2(c3cccc(N(CC)CC)c3)OC(=O)c3cc(N(CC)CC)ccc32)c1. The number of nitrogens with zero attached hydrogens (tertiary/aromatic N) is 3. The van der Waals surface area contributed by atoms with Crippen LogP contribution in [0.4, 0.5) is 17.1 Å². The van der Waals surface area contributed by atoms with E-state index in [1.807, 2.05) is 6.07 Å². The van der Waals surface area contributed by atoms with Gasteiger partial charge in [-0.3, -0.25) is 0 Å². The molecule has 0 radical (unpaired) electrons. The topological polar surface area (TPSA) is 36.0 Å². The van der Waals surface area contributed by atoms with E-state index in [2.05, 4.69) is 117 Å². The molecule has 4 rings (SSSR count). The maximum absolute atomic E-state index is 13.6. The molecule has 1 aliphatic rings. The summed E-state index contributed by atoms with van der Waals surface area (Å²) < 4.78 is 6.50. The van der Waals surface area contributed by atoms with Gasteiger partial charge in [0.25, 0.3) is 0 Å². The van der Waals surface area contributed by atoms with Crippen LogP contribution in [0.5, 0.6) is 0 Å². The predicted octanol–water partition coefficient (Wildman–Crippen LogP) is 6.69. The molecule has 0 amide bonds. The van der Waals surface area contributed by atoms with E-state index in [-0.39, 0.29) is 5.97 Å². The Bertz CT molecular complexity index is 1170. The second-order valence-electron chi connectivity index (χ2n) is 9.42. The van der Waals surface area contributed by atoms with Crippen LogP contribution in [0.3, 0.4) is 0 Å². The molecule has 0 atom stereocenters. The number of carbonyl (C=O) groups is 1. The minimum Gasteiger partial charge on any atom is -0.441 e. The highest BCUT2D eigenvalue weighted by molar-refractivity contribution is 5.97. The van der Waals surface area contributed by atoms with Crippen LogP contribution in [0, 0.1) is 0 Å². The van der Waals surface area contributed by atoms with Crippen molar-refractivity contribution in [2.24, 2.45) is 0 Å². The summed E-state index contributed by atoms with van der Waals surface area (Å²) in [5.41, 5.74) is 5.78. The Morgan fingerprint density at radius 1 is 0.595 bits per heavy atom. The van der Waals surface area contributed by atoms with Gasteiger partial charge in [-0.25, -0.2) is 4.79 Å². The van der Waals surface area contributed by atoms with Crippen LogP contribution in [0.1, 0.15) is 68.6 Å². The summed E-state index contributed by atoms with van der Waals surface area (Å²) in [6.07, 6.45) is 0. The molecule has 0 unspecified atom stereocenters. The van der Waals surface area contributed by atoms with Gasteiger partial charge in [0.05, 0.1) is 5.56 Å². The van der Waals surface area contributed by atoms with Gasteiger partial charge in [0.2, 0.25) is 0 Å². The summed E-state index contributed by atoms with van der Waals surface area (Å²) in [4.78, 5) is 20.5. The summed E-state index contributed by atoms with van der Waals surface area (Å²) in [7, 11) is 0. The Hall–Kier alpha value is -3.47. The van der Waals surface area contributed by atoms with Crippen LogP contribution < -0.4 is 14.7 Å². The third-order valence-electron chi connectivity index (χ3n) is 7.74. The molecule has 5 heteroatoms. The van der Waals surface area contributed by atoms with Gasteiger partial charge < -0.3 is 19.4 Å². The van der Waals surface area contributed by atoms with E-state index in [9.17, 15) is 4.79 Å². The van der Waals surface area contributed by atoms with Crippen LogP contribution in [-0.4, -0.2) is 45.2 Å². The van der Waals surface area contributed by atoms with Gasteiger partial charge in [-0.05, 0) is 77.9 Å². The quantitative estimate of drug-likeness (QED) is 0.275. The number of cyclic esters (lactones) is 1. The van der Waals surface area contributed by atoms with Crippen molar-refractivity contribution in [2.75, 3.05) is 54.0 Å². The maximum atomic E-state index is 13.6. The minimum absolute atomic E-state index is 0.273. The predicted molar refractivity (Wildman–Crippen MR) is 155 cm³/mol. The lowest BCUT2D eigenvalue weighted by Crippen LogP contribution is -2.31. The Labute approximate surface area is 222 Å². The van der Waals surface area contributed by atoms with E-state index in [4.69, 9.17) is 4.74 Å². The third-order valence-corrected chi connectivity index (χ3v) is 7.74. The second kappa shape index (κ2) is 11.3. The second-order valence-corrected chi connectivity index (χ2v) is 9.42. The molecule has 196 valence electrons. The summed E-state index contributed by atoms with van der Waals surface area (Å²) in [5, 5.41) is 0. The zero-order chi connectivity index (χ0) is 26.6. The summed E-state index contributed by atoms with van der Waals surface area (Å²) in [6, 6.07) is 23.2. The van der Waals surface area contributed by atoms with E-state index in [1.165, 1.54) is 0 Å². The highest BCUT2D eigenvalue weighted by Crippen LogP contribution is 2.49. The molecule has 5 nitrogen and oxygen atoms in total. The van der Waals surface area contributed by atoms with Gasteiger partial charge in [0.1, 0.15) is 0 Å². The number of rotatable bonds is 11. The Kier molecular flexibility index (Phi) is 8.11. The molecule has 0 aromatic heterocycles. The van der Waals surface area contributed by atoms with Crippen LogP contribution in [0.15, 0.2) is 66.7 Å². The number of ether oxygens (including phenoxy) is 1. The molecule has 0 fully saturated rings. The highest BCUT2D eigenvalue weighted by Gasteiger charge is 2.49. The molecular formula is C32H41N3O2. The van der Waals surface area contributed by atoms with Gasteiger partial charge in [0, 0.05) is 73.0 Å². The van der Waals surface area contributed by atoms with Crippen molar-refractivity contribution in [1.29, 1.82) is 0 Å². The first-order valence-corrected chi connectivity index (χ1v) is 13.8. The molecule has 0 aliphatic carbocycles. The number of fused-ring (bicyclic) bond motifs is 1. The van der Waals surface area contributed by atoms with Crippen molar-refractivity contribution in [3.05, 3.63) is 89.0 Å². The lowest BCUT2D eigenvalue weighted by atomic mass is 9.79. The van der Waals surface area contributed by atoms with Gasteiger partial charge in [-0.15, -0.1) is 0 Å². The van der Waals surface area contributed by atoms with E-state index in [1.54, 1.807) is 0 Å². The molecule has 1 aliphatic heterocycles. The van der Waals surface area contributed by atoms with Gasteiger partial charge in [0.15, 0.2) is 5.60 Å². The van der Waals surface area contributed by atoms with Gasteiger partial charge in [-0.1, -0.05) is 30.3 Å². The van der Waals surface area contributed by atoms with E-state index < -0.39 is 5.60 Å². The monoisotopic (exact) mass is 499 g/mol. The summed E-state index contributed by atoms with van der Waals surface area (Å²) >= 11 is 0. The highest BCUT2D eigenvalue weighted by atomic mass is 16.6. The smallest absolute Gasteiger partial charge is 0.340 e. The fraction of sp³-hybridized carbons (Fsp3) is 0.406. The summed E-state index contributed by atoms with van der Waals surface area (Å²) in [5.74, 6) is -0.273. The Balaban J connectivity index is 1.98. The number of benzene rings is 3. The van der Waals surface area contributed by atoms with Crippen LogP contribution in [0.2, 0.25) is 0 Å². The third kappa shape index (κ3) is 4.68. The molecule has 0 bridgehead atoms. The number of hydrogen-bond donors (Lipinski definition) is 0. The molecule has 0 N–H and O–H groups in total. The zero-order valence-corrected chi connectivity index (χ0v) is 23.3. The largest absolute Gasteiger partial charge is 0.441 e. The van der Waals surface area contributed by atoms with E-state index >= 15 is 0 Å². The maximum Gasteiger partial charge on any atom is 0.340 e. The Morgan fingerprint density at radius 3 is 1.46 bits per heavy atom. The fourth-order valence-corrected chi connectivity index (χ4v) is 5.66. The van der Waals surface area contributed by atoms with Gasteiger partial charge >= 0.3 is 5.97 Å². The minimum atomic E-state index is -1.01. The molecule has 0 spiro atoms. The molecule has 3 aromatic carbocycles. The van der Waals surface area contributed by atoms with Crippen LogP contribution >= 0.6 is 0 Å². The fourth-order valence-electron chi connectivity index (χ4n) is 5.66. The zero-order valence-electron chi connectivity index (χ0n) is 23.3. The number of anilines is 3. The first-order valence-electron chi connectivity index (χ1n) is 13.8. The van der Waals surface area contributed by atoms with Crippen molar-refractivity contribution < 1.29 is 9.53 Å². The van der Waals surface area contributed by atoms with Crippen molar-refractivity contribution in [1.82, 2.24) is 0 Å². The van der Waals surface area contributed by atoms with Gasteiger partial charge in [-0.2, -0.15) is 0 Å². The van der Waals surface area contributed by atoms with Crippen LogP contribution in [-0.2, 0) is 10.3 Å². The average Bonchev–Trinajstić information content (AvgIpc) is 3.24. The lowest BCUT2D eigenvalue weighted by Gasteiger charge is -2.33. The molecule has 37 heavy (non-hydrogen) atoms. The normalized spacial score (nSPS) is 13.7. The van der Waals surface area contributed by atoms with Crippen LogP contribution in [0.25, 0.3) is 0 Å². The van der Waals surface area contributed by atoms with E-state index in [0.717, 1.165) is 73.0 Å². The molecule has 3 aromatic rings. The van der Waals surface area contributed by atoms with Crippen molar-refractivity contribution >= 4 is 23.0 Å². The van der Waals surface area contributed by atoms with Crippen molar-refractivity contribution in [3.63, 3.8) is 0 Å². The first-order chi connectivity index (χ1) is 18.0. The molecule has 0 saturated heterocycles. The summed E-state index contributed by atoms with van der Waals surface area (Å²) in [6.45, 7) is 18.3. The Morgan fingerprint density at radius 2 is 1.03 bits per heavy atom. The van der Waals surface area contributed by atoms with E-state index in [0.29, 0.717) is 5.56 Å². The number of carbonyl (C=O) groups excluding carboxylic acids is 1. The average molecular weight is 500 g/mol. The van der Waals surface area contributed by atoms with Crippen molar-refractivity contribution in [3.8, 4) is 0 Å². The molecule has 0 saturated carbocycles.